The number of esters is 1. The van der Waals surface area contributed by atoms with E-state index in [1.54, 1.807) is 12.1 Å². The van der Waals surface area contributed by atoms with Crippen LogP contribution in [0.15, 0.2) is 12.1 Å². The molecule has 5 heteroatoms. The second kappa shape index (κ2) is 5.09. The molecule has 0 aromatic heterocycles. The largest absolute Gasteiger partial charge is 0.469 e. The molecule has 0 aliphatic rings. The van der Waals surface area contributed by atoms with Gasteiger partial charge < -0.3 is 10.5 Å². The molecule has 1 rings (SSSR count). The van der Waals surface area contributed by atoms with Gasteiger partial charge in [-0.15, -0.1) is 0 Å². The molecule has 0 aliphatic heterocycles. The van der Waals surface area contributed by atoms with Crippen LogP contribution in [0.2, 0.25) is 5.02 Å². The summed E-state index contributed by atoms with van der Waals surface area (Å²) in [5.74, 6) is -0.358. The van der Waals surface area contributed by atoms with Gasteiger partial charge in [-0.3, -0.25) is 4.79 Å². The van der Waals surface area contributed by atoms with Crippen LogP contribution < -0.4 is 5.73 Å². The molecule has 0 atom stereocenters. The summed E-state index contributed by atoms with van der Waals surface area (Å²) in [5.41, 5.74) is 6.76. The Balaban J connectivity index is 3.06. The van der Waals surface area contributed by atoms with Crippen LogP contribution in [0.5, 0.6) is 0 Å². The van der Waals surface area contributed by atoms with Crippen molar-refractivity contribution in [3.8, 4) is 0 Å². The third-order valence-electron chi connectivity index (χ3n) is 1.83. The molecular weight excluding hydrogens is 234 g/mol. The Morgan fingerprint density at radius 2 is 2.40 bits per heavy atom. The first-order valence-corrected chi connectivity index (χ1v) is 4.90. The third kappa shape index (κ3) is 3.18. The van der Waals surface area contributed by atoms with Crippen molar-refractivity contribution in [2.24, 2.45) is 5.73 Å². The van der Waals surface area contributed by atoms with Gasteiger partial charge >= 0.3 is 5.97 Å². The average molecular weight is 243 g/mol. The van der Waals surface area contributed by atoms with Crippen molar-refractivity contribution in [3.05, 3.63) is 34.3 Å². The summed E-state index contributed by atoms with van der Waals surface area (Å²) >= 11 is 10.6. The lowest BCUT2D eigenvalue weighted by atomic mass is 10.0. The molecule has 0 unspecified atom stereocenters. The van der Waals surface area contributed by atoms with Crippen molar-refractivity contribution in [2.45, 2.75) is 6.42 Å². The fourth-order valence-electron chi connectivity index (χ4n) is 1.10. The normalized spacial score (nSPS) is 9.73. The van der Waals surface area contributed by atoms with Crippen LogP contribution in [0.3, 0.4) is 0 Å². The summed E-state index contributed by atoms with van der Waals surface area (Å²) in [4.78, 5) is 11.3. The number of carbonyl (C=O) groups is 1. The molecule has 0 saturated carbocycles. The number of nitrogens with two attached hydrogens (primary N) is 1. The fraction of sp³-hybridized carbons (Fsp3) is 0.200. The molecule has 0 bridgehead atoms. The Morgan fingerprint density at radius 3 is 2.93 bits per heavy atom. The van der Waals surface area contributed by atoms with Gasteiger partial charge in [-0.1, -0.05) is 23.8 Å². The van der Waals surface area contributed by atoms with E-state index in [4.69, 9.17) is 29.6 Å². The molecule has 0 amide bonds. The second-order valence-electron chi connectivity index (χ2n) is 2.84. The predicted octanol–water partition coefficient (Wildman–Crippen LogP) is 1.49. The average Bonchev–Trinajstić information content (AvgIpc) is 2.20. The fourth-order valence-corrected chi connectivity index (χ4v) is 1.45. The number of halogens is 1. The van der Waals surface area contributed by atoms with Crippen molar-refractivity contribution in [3.63, 3.8) is 0 Å². The van der Waals surface area contributed by atoms with Crippen LogP contribution in [0.4, 0.5) is 0 Å². The minimum atomic E-state index is -0.358. The van der Waals surface area contributed by atoms with E-state index in [1.807, 2.05) is 0 Å². The van der Waals surface area contributed by atoms with Gasteiger partial charge in [0.25, 0.3) is 0 Å². The predicted molar refractivity (Wildman–Crippen MR) is 61.9 cm³/mol. The SMILES string of the molecule is COC(=O)Cc1c[c]c(Cl)cc1C(N)=S. The van der Waals surface area contributed by atoms with E-state index in [2.05, 4.69) is 10.8 Å². The second-order valence-corrected chi connectivity index (χ2v) is 3.68. The Hall–Kier alpha value is -1.13. The monoisotopic (exact) mass is 242 g/mol. The van der Waals surface area contributed by atoms with E-state index >= 15 is 0 Å². The Bertz CT molecular complexity index is 406. The van der Waals surface area contributed by atoms with Crippen LogP contribution in [0, 0.1) is 6.07 Å². The number of carbonyl (C=O) groups excluding carboxylic acids is 1. The topological polar surface area (TPSA) is 52.3 Å². The van der Waals surface area contributed by atoms with Gasteiger partial charge in [0.15, 0.2) is 0 Å². The van der Waals surface area contributed by atoms with E-state index in [1.165, 1.54) is 7.11 Å². The number of thiocarbonyl (C=S) groups is 1. The summed E-state index contributed by atoms with van der Waals surface area (Å²) in [7, 11) is 1.32. The summed E-state index contributed by atoms with van der Waals surface area (Å²) in [5, 5.41) is 0.409. The first-order valence-electron chi connectivity index (χ1n) is 4.11. The van der Waals surface area contributed by atoms with Crippen LogP contribution in [0.25, 0.3) is 0 Å². The number of methoxy groups -OCH3 is 1. The highest BCUT2D eigenvalue weighted by Gasteiger charge is 2.10. The molecule has 0 spiro atoms. The molecule has 0 aliphatic carbocycles. The number of hydrogen-bond donors (Lipinski definition) is 1. The van der Waals surface area contributed by atoms with Crippen molar-refractivity contribution in [1.29, 1.82) is 0 Å². The van der Waals surface area contributed by atoms with Crippen LogP contribution in [-0.4, -0.2) is 18.1 Å². The minimum absolute atomic E-state index is 0.108. The molecule has 0 fully saturated rings. The van der Waals surface area contributed by atoms with Gasteiger partial charge in [0.05, 0.1) is 13.5 Å². The van der Waals surface area contributed by atoms with Crippen LogP contribution in [0.1, 0.15) is 11.1 Å². The first-order chi connectivity index (χ1) is 7.04. The van der Waals surface area contributed by atoms with Gasteiger partial charge in [-0.2, -0.15) is 0 Å². The van der Waals surface area contributed by atoms with Gasteiger partial charge in [0.1, 0.15) is 4.99 Å². The maximum absolute atomic E-state index is 11.1. The zero-order valence-corrected chi connectivity index (χ0v) is 9.61. The smallest absolute Gasteiger partial charge is 0.310 e. The maximum atomic E-state index is 11.1. The molecule has 0 saturated heterocycles. The Kier molecular flexibility index (Phi) is 4.05. The first kappa shape index (κ1) is 11.9. The Morgan fingerprint density at radius 1 is 1.73 bits per heavy atom. The van der Waals surface area contributed by atoms with Gasteiger partial charge in [0.2, 0.25) is 0 Å². The Labute approximate surface area is 98.2 Å². The van der Waals surface area contributed by atoms with E-state index < -0.39 is 0 Å². The lowest BCUT2D eigenvalue weighted by Gasteiger charge is -2.07. The standard InChI is InChI=1S/C10H9ClNO2S/c1-14-9(13)4-6-2-3-7(11)5-8(6)10(12)15/h2,5H,4H2,1H3,(H2,12,15). The molecule has 1 radical (unpaired) electrons. The van der Waals surface area contributed by atoms with Crippen LogP contribution >= 0.6 is 23.8 Å². The van der Waals surface area contributed by atoms with E-state index in [9.17, 15) is 4.79 Å². The molecule has 0 heterocycles. The minimum Gasteiger partial charge on any atom is -0.469 e. The van der Waals surface area contributed by atoms with Gasteiger partial charge in [0, 0.05) is 16.7 Å². The molecular formula is C10H9ClNO2S. The van der Waals surface area contributed by atoms with Crippen molar-refractivity contribution in [2.75, 3.05) is 7.11 Å². The molecule has 1 aromatic carbocycles. The number of hydrogen-bond acceptors (Lipinski definition) is 3. The van der Waals surface area contributed by atoms with Crippen LogP contribution in [-0.2, 0) is 16.0 Å². The third-order valence-corrected chi connectivity index (χ3v) is 2.27. The van der Waals surface area contributed by atoms with Crippen molar-refractivity contribution < 1.29 is 9.53 Å². The highest BCUT2D eigenvalue weighted by atomic mass is 35.5. The van der Waals surface area contributed by atoms with Gasteiger partial charge in [-0.05, 0) is 17.7 Å². The number of benzene rings is 1. The highest BCUT2D eigenvalue weighted by molar-refractivity contribution is 7.80. The number of rotatable bonds is 3. The summed E-state index contributed by atoms with van der Waals surface area (Å²) < 4.78 is 4.55. The molecule has 2 N–H and O–H groups in total. The quantitative estimate of drug-likeness (QED) is 0.645. The zero-order valence-electron chi connectivity index (χ0n) is 8.04. The van der Waals surface area contributed by atoms with Gasteiger partial charge in [-0.25, -0.2) is 0 Å². The van der Waals surface area contributed by atoms with E-state index in [0.717, 1.165) is 0 Å². The van der Waals surface area contributed by atoms with Crippen molar-refractivity contribution in [1.82, 2.24) is 0 Å². The van der Waals surface area contributed by atoms with E-state index in [-0.39, 0.29) is 17.4 Å². The molecule has 3 nitrogen and oxygen atoms in total. The van der Waals surface area contributed by atoms with Crippen molar-refractivity contribution >= 4 is 34.8 Å². The summed E-state index contributed by atoms with van der Waals surface area (Å²) in [6.07, 6.45) is 0.108. The lowest BCUT2D eigenvalue weighted by Crippen LogP contribution is -2.15. The van der Waals surface area contributed by atoms with E-state index in [0.29, 0.717) is 16.1 Å². The summed E-state index contributed by atoms with van der Waals surface area (Å²) in [6, 6.07) is 5.94. The molecule has 15 heavy (non-hydrogen) atoms. The zero-order chi connectivity index (χ0) is 11.4. The molecule has 79 valence electrons. The maximum Gasteiger partial charge on any atom is 0.310 e. The lowest BCUT2D eigenvalue weighted by molar-refractivity contribution is -0.139. The highest BCUT2D eigenvalue weighted by Crippen LogP contribution is 2.16. The summed E-state index contributed by atoms with van der Waals surface area (Å²) in [6.45, 7) is 0. The molecule has 1 aromatic rings. The number of ether oxygens (including phenoxy) is 1.